The summed E-state index contributed by atoms with van der Waals surface area (Å²) < 4.78 is -1.34. The van der Waals surface area contributed by atoms with Crippen LogP contribution >= 0.6 is 58.2 Å². The van der Waals surface area contributed by atoms with Crippen LogP contribution in [0, 0.1) is 0 Å². The number of alkyl halides is 3. The minimum absolute atomic E-state index is 0.0488. The summed E-state index contributed by atoms with van der Waals surface area (Å²) in [5.74, 6) is 0.513. The van der Waals surface area contributed by atoms with E-state index in [9.17, 15) is 4.79 Å². The van der Waals surface area contributed by atoms with Gasteiger partial charge in [-0.05, 0) is 29.8 Å². The molecule has 0 aliphatic heterocycles. The van der Waals surface area contributed by atoms with Gasteiger partial charge in [0.15, 0.2) is 5.78 Å². The number of rotatable bonds is 4. The van der Waals surface area contributed by atoms with Gasteiger partial charge in [0.2, 0.25) is 3.12 Å². The van der Waals surface area contributed by atoms with Crippen LogP contribution < -0.4 is 0 Å². The van der Waals surface area contributed by atoms with Gasteiger partial charge >= 0.3 is 0 Å². The van der Waals surface area contributed by atoms with Crippen molar-refractivity contribution in [1.82, 2.24) is 0 Å². The molecule has 0 saturated heterocycles. The molecule has 0 bridgehead atoms. The quantitative estimate of drug-likeness (QED) is 0.469. The number of carbonyl (C=O) groups is 1. The Kier molecular flexibility index (Phi) is 5.87. The van der Waals surface area contributed by atoms with Gasteiger partial charge in [0.25, 0.3) is 0 Å². The third-order valence-electron chi connectivity index (χ3n) is 2.73. The maximum Gasteiger partial charge on any atom is 0.237 e. The van der Waals surface area contributed by atoms with Crippen LogP contribution in [0.25, 0.3) is 0 Å². The van der Waals surface area contributed by atoms with Crippen LogP contribution in [0.3, 0.4) is 0 Å². The second-order valence-corrected chi connectivity index (χ2v) is 8.85. The van der Waals surface area contributed by atoms with Crippen molar-refractivity contribution in [3.63, 3.8) is 0 Å². The van der Waals surface area contributed by atoms with Crippen molar-refractivity contribution in [2.24, 2.45) is 0 Å². The highest BCUT2D eigenvalue weighted by atomic mass is 35.6. The topological polar surface area (TPSA) is 17.1 Å². The zero-order valence-corrected chi connectivity index (χ0v) is 14.5. The lowest BCUT2D eigenvalue weighted by Gasteiger charge is -2.10. The SMILES string of the molecule is O=C(c1ccc(Cl)cc1)c1ccc(CSC(Cl)(Cl)Cl)cc1. The Bertz CT molecular complexity index is 618. The summed E-state index contributed by atoms with van der Waals surface area (Å²) in [6, 6.07) is 14.0. The predicted octanol–water partition coefficient (Wildman–Crippen LogP) is 6.13. The van der Waals surface area contributed by atoms with Crippen LogP contribution in [0.4, 0.5) is 0 Å². The molecule has 0 radical (unpaired) electrons. The fraction of sp³-hybridized carbons (Fsp3) is 0.133. The van der Waals surface area contributed by atoms with Crippen molar-refractivity contribution in [1.29, 1.82) is 0 Å². The van der Waals surface area contributed by atoms with Gasteiger partial charge in [-0.1, -0.05) is 70.7 Å². The van der Waals surface area contributed by atoms with Gasteiger partial charge in [-0.2, -0.15) is 0 Å². The molecule has 0 fully saturated rings. The van der Waals surface area contributed by atoms with Crippen molar-refractivity contribution in [3.8, 4) is 0 Å². The van der Waals surface area contributed by atoms with Crippen LogP contribution in [-0.4, -0.2) is 8.91 Å². The highest BCUT2D eigenvalue weighted by Gasteiger charge is 2.19. The first kappa shape index (κ1) is 17.0. The number of thioether (sulfide) groups is 1. The Morgan fingerprint density at radius 1 is 0.905 bits per heavy atom. The van der Waals surface area contributed by atoms with Gasteiger partial charge in [-0.3, -0.25) is 4.79 Å². The van der Waals surface area contributed by atoms with Crippen LogP contribution in [0.1, 0.15) is 21.5 Å². The minimum atomic E-state index is -1.34. The number of benzene rings is 2. The average Bonchev–Trinajstić information content (AvgIpc) is 2.45. The van der Waals surface area contributed by atoms with Crippen LogP contribution in [0.5, 0.6) is 0 Å². The summed E-state index contributed by atoms with van der Waals surface area (Å²) in [6.45, 7) is 0. The number of hydrogen-bond acceptors (Lipinski definition) is 2. The molecule has 0 heterocycles. The number of halogens is 4. The molecule has 0 aliphatic rings. The van der Waals surface area contributed by atoms with E-state index in [4.69, 9.17) is 46.4 Å². The van der Waals surface area contributed by atoms with E-state index >= 15 is 0 Å². The van der Waals surface area contributed by atoms with E-state index in [0.717, 1.165) is 5.56 Å². The molecule has 0 N–H and O–H groups in total. The summed E-state index contributed by atoms with van der Waals surface area (Å²) in [4.78, 5) is 12.3. The van der Waals surface area contributed by atoms with Gasteiger partial charge in [-0.25, -0.2) is 0 Å². The molecular formula is C15H10Cl4OS. The zero-order valence-electron chi connectivity index (χ0n) is 10.7. The average molecular weight is 380 g/mol. The van der Waals surface area contributed by atoms with E-state index in [1.54, 1.807) is 36.4 Å². The maximum atomic E-state index is 12.3. The Hall–Kier alpha value is -0.380. The molecule has 0 spiro atoms. The molecule has 110 valence electrons. The molecule has 0 unspecified atom stereocenters. The number of ketones is 1. The monoisotopic (exact) mass is 378 g/mol. The van der Waals surface area contributed by atoms with E-state index in [1.165, 1.54) is 11.8 Å². The Balaban J connectivity index is 2.08. The molecule has 0 amide bonds. The molecule has 6 heteroatoms. The van der Waals surface area contributed by atoms with E-state index < -0.39 is 3.12 Å². The van der Waals surface area contributed by atoms with Crippen molar-refractivity contribution >= 4 is 63.9 Å². The number of hydrogen-bond donors (Lipinski definition) is 0. The number of carbonyl (C=O) groups excluding carboxylic acids is 1. The molecule has 2 aromatic carbocycles. The van der Waals surface area contributed by atoms with Crippen molar-refractivity contribution in [2.45, 2.75) is 8.88 Å². The lowest BCUT2D eigenvalue weighted by Crippen LogP contribution is -2.01. The van der Waals surface area contributed by atoms with E-state index in [0.29, 0.717) is 21.9 Å². The lowest BCUT2D eigenvalue weighted by molar-refractivity contribution is 0.103. The van der Waals surface area contributed by atoms with Crippen molar-refractivity contribution in [3.05, 3.63) is 70.2 Å². The molecule has 0 aromatic heterocycles. The fourth-order valence-electron chi connectivity index (χ4n) is 1.69. The molecule has 2 aromatic rings. The summed E-state index contributed by atoms with van der Waals surface area (Å²) in [5, 5.41) is 0.602. The largest absolute Gasteiger partial charge is 0.289 e. The summed E-state index contributed by atoms with van der Waals surface area (Å²) in [7, 11) is 0. The second-order valence-electron chi connectivity index (χ2n) is 4.27. The van der Waals surface area contributed by atoms with E-state index in [2.05, 4.69) is 0 Å². The summed E-state index contributed by atoms with van der Waals surface area (Å²) >= 11 is 24.1. The highest BCUT2D eigenvalue weighted by Crippen LogP contribution is 2.40. The Morgan fingerprint density at radius 3 is 1.86 bits per heavy atom. The fourth-order valence-corrected chi connectivity index (χ4v) is 2.83. The first-order valence-corrected chi connectivity index (χ1v) is 8.45. The highest BCUT2D eigenvalue weighted by molar-refractivity contribution is 8.04. The van der Waals surface area contributed by atoms with Gasteiger partial charge in [0, 0.05) is 21.9 Å². The standard InChI is InChI=1S/C15H10Cl4OS/c16-13-7-5-12(6-8-13)14(20)11-3-1-10(2-4-11)9-21-15(17,18)19/h1-8H,9H2. The first-order chi connectivity index (χ1) is 9.85. The Labute approximate surface area is 147 Å². The van der Waals surface area contributed by atoms with E-state index in [1.807, 2.05) is 12.1 Å². The smallest absolute Gasteiger partial charge is 0.237 e. The van der Waals surface area contributed by atoms with Crippen LogP contribution in [-0.2, 0) is 5.75 Å². The van der Waals surface area contributed by atoms with Gasteiger partial charge in [0.1, 0.15) is 0 Å². The molecule has 0 saturated carbocycles. The molecular weight excluding hydrogens is 370 g/mol. The summed E-state index contributed by atoms with van der Waals surface area (Å²) in [5.41, 5.74) is 2.20. The maximum absolute atomic E-state index is 12.3. The third-order valence-corrected chi connectivity index (χ3v) is 4.76. The van der Waals surface area contributed by atoms with Crippen molar-refractivity contribution < 1.29 is 4.79 Å². The minimum Gasteiger partial charge on any atom is -0.289 e. The van der Waals surface area contributed by atoms with Gasteiger partial charge < -0.3 is 0 Å². The molecule has 2 rings (SSSR count). The van der Waals surface area contributed by atoms with Crippen LogP contribution in [0.2, 0.25) is 5.02 Å². The zero-order chi connectivity index (χ0) is 15.5. The first-order valence-electron chi connectivity index (χ1n) is 5.95. The van der Waals surface area contributed by atoms with Crippen molar-refractivity contribution in [2.75, 3.05) is 0 Å². The molecule has 21 heavy (non-hydrogen) atoms. The Morgan fingerprint density at radius 2 is 1.38 bits per heavy atom. The predicted molar refractivity (Wildman–Crippen MR) is 92.9 cm³/mol. The van der Waals surface area contributed by atoms with Gasteiger partial charge in [0.05, 0.1) is 0 Å². The second kappa shape index (κ2) is 7.26. The van der Waals surface area contributed by atoms with E-state index in [-0.39, 0.29) is 5.78 Å². The normalized spacial score (nSPS) is 11.4. The lowest BCUT2D eigenvalue weighted by atomic mass is 10.0. The van der Waals surface area contributed by atoms with Crippen LogP contribution in [0.15, 0.2) is 48.5 Å². The third kappa shape index (κ3) is 5.39. The molecule has 0 aliphatic carbocycles. The molecule has 1 nitrogen and oxygen atoms in total. The van der Waals surface area contributed by atoms with Gasteiger partial charge in [-0.15, -0.1) is 11.8 Å². The summed E-state index contributed by atoms with van der Waals surface area (Å²) in [6.07, 6.45) is 0. The molecule has 0 atom stereocenters.